The molecule has 0 radical (unpaired) electrons. The number of hydrogen-bond acceptors (Lipinski definition) is 4. The van der Waals surface area contributed by atoms with E-state index in [0.29, 0.717) is 36.1 Å². The van der Waals surface area contributed by atoms with Crippen molar-refractivity contribution in [3.63, 3.8) is 0 Å². The van der Waals surface area contributed by atoms with Gasteiger partial charge in [0.1, 0.15) is 25.6 Å². The molecule has 0 spiro atoms. The summed E-state index contributed by atoms with van der Waals surface area (Å²) in [5.74, 6) is -0.0573. The van der Waals surface area contributed by atoms with E-state index in [4.69, 9.17) is 9.47 Å². The molecule has 130 valence electrons. The van der Waals surface area contributed by atoms with Gasteiger partial charge in [-0.2, -0.15) is 0 Å². The van der Waals surface area contributed by atoms with E-state index in [-0.39, 0.29) is 12.5 Å². The van der Waals surface area contributed by atoms with Crippen LogP contribution in [0.25, 0.3) is 0 Å². The number of carbonyl (C=O) groups is 2. The van der Waals surface area contributed by atoms with Crippen molar-refractivity contribution in [2.75, 3.05) is 30.0 Å². The van der Waals surface area contributed by atoms with Crippen LogP contribution in [0.2, 0.25) is 0 Å². The Bertz CT molecular complexity index is 809. The third-order valence-electron chi connectivity index (χ3n) is 3.63. The molecule has 3 rings (SSSR count). The number of nitrogens with zero attached hydrogens (tertiary/aromatic N) is 1. The Morgan fingerprint density at radius 3 is 2.60 bits per heavy atom. The summed E-state index contributed by atoms with van der Waals surface area (Å²) in [5, 5.41) is 2.57. The predicted molar refractivity (Wildman–Crippen MR) is 90.5 cm³/mol. The molecule has 0 fully saturated rings. The van der Waals surface area contributed by atoms with E-state index < -0.39 is 11.7 Å². The molecule has 6 nitrogen and oxygen atoms in total. The van der Waals surface area contributed by atoms with Crippen LogP contribution in [0.15, 0.2) is 42.5 Å². The van der Waals surface area contributed by atoms with Gasteiger partial charge >= 0.3 is 0 Å². The molecular weight excluding hydrogens is 327 g/mol. The monoisotopic (exact) mass is 344 g/mol. The first kappa shape index (κ1) is 16.8. The normalized spacial score (nSPS) is 12.4. The lowest BCUT2D eigenvalue weighted by molar-refractivity contribution is -0.120. The van der Waals surface area contributed by atoms with Crippen molar-refractivity contribution in [3.05, 3.63) is 48.3 Å². The van der Waals surface area contributed by atoms with Crippen molar-refractivity contribution in [1.82, 2.24) is 0 Å². The number of anilines is 2. The Morgan fingerprint density at radius 2 is 1.88 bits per heavy atom. The highest BCUT2D eigenvalue weighted by molar-refractivity contribution is 6.01. The van der Waals surface area contributed by atoms with E-state index in [1.165, 1.54) is 30.0 Å². The molecule has 0 atom stereocenters. The largest absolute Gasteiger partial charge is 0.486 e. The third-order valence-corrected chi connectivity index (χ3v) is 3.63. The van der Waals surface area contributed by atoms with Gasteiger partial charge in [-0.1, -0.05) is 6.07 Å². The summed E-state index contributed by atoms with van der Waals surface area (Å²) >= 11 is 0. The molecule has 0 saturated carbocycles. The van der Waals surface area contributed by atoms with Crippen LogP contribution in [0.5, 0.6) is 11.5 Å². The first-order chi connectivity index (χ1) is 12.0. The summed E-state index contributed by atoms with van der Waals surface area (Å²) in [4.78, 5) is 25.5. The maximum absolute atomic E-state index is 13.2. The Labute approximate surface area is 144 Å². The molecule has 7 heteroatoms. The van der Waals surface area contributed by atoms with Crippen LogP contribution in [0, 0.1) is 5.82 Å². The molecule has 2 aromatic rings. The quantitative estimate of drug-likeness (QED) is 0.926. The minimum Gasteiger partial charge on any atom is -0.486 e. The fraction of sp³-hybridized carbons (Fsp3) is 0.222. The molecule has 1 heterocycles. The van der Waals surface area contributed by atoms with Gasteiger partial charge in [0.2, 0.25) is 11.8 Å². The Morgan fingerprint density at radius 1 is 1.12 bits per heavy atom. The fourth-order valence-corrected chi connectivity index (χ4v) is 2.49. The van der Waals surface area contributed by atoms with Crippen LogP contribution in [-0.4, -0.2) is 31.6 Å². The Balaban J connectivity index is 1.75. The fourth-order valence-electron chi connectivity index (χ4n) is 2.49. The van der Waals surface area contributed by atoms with Crippen molar-refractivity contribution < 1.29 is 23.5 Å². The van der Waals surface area contributed by atoms with Crippen molar-refractivity contribution >= 4 is 23.2 Å². The molecule has 2 aromatic carbocycles. The molecule has 25 heavy (non-hydrogen) atoms. The second-order valence-corrected chi connectivity index (χ2v) is 5.49. The molecule has 1 aliphatic heterocycles. The van der Waals surface area contributed by atoms with Crippen molar-refractivity contribution in [2.45, 2.75) is 6.92 Å². The molecule has 0 aromatic heterocycles. The lowest BCUT2D eigenvalue weighted by Crippen LogP contribution is -2.36. The molecular formula is C18H17FN2O4. The van der Waals surface area contributed by atoms with Crippen LogP contribution < -0.4 is 19.7 Å². The number of halogens is 1. The van der Waals surface area contributed by atoms with Gasteiger partial charge < -0.3 is 19.7 Å². The van der Waals surface area contributed by atoms with Gasteiger partial charge in [0.25, 0.3) is 0 Å². The maximum Gasteiger partial charge on any atom is 0.244 e. The lowest BCUT2D eigenvalue weighted by Gasteiger charge is -2.24. The summed E-state index contributed by atoms with van der Waals surface area (Å²) in [6.45, 7) is 2.06. The minimum absolute atomic E-state index is 0.203. The third kappa shape index (κ3) is 4.06. The standard InChI is InChI=1S/C18H17FN2O4/c1-12(22)21(11-18(23)20-14-4-2-3-13(19)9-14)15-5-6-16-17(10-15)25-8-7-24-16/h2-6,9-10H,7-8,11H2,1H3,(H,20,23). The van der Waals surface area contributed by atoms with Gasteiger partial charge in [0.15, 0.2) is 11.5 Å². The first-order valence-electron chi connectivity index (χ1n) is 7.76. The first-order valence-corrected chi connectivity index (χ1v) is 7.76. The van der Waals surface area contributed by atoms with Crippen LogP contribution in [-0.2, 0) is 9.59 Å². The van der Waals surface area contributed by atoms with E-state index in [0.717, 1.165) is 0 Å². The molecule has 0 unspecified atom stereocenters. The van der Waals surface area contributed by atoms with Gasteiger partial charge in [-0.25, -0.2) is 4.39 Å². The highest BCUT2D eigenvalue weighted by atomic mass is 19.1. The minimum atomic E-state index is -0.451. The van der Waals surface area contributed by atoms with Crippen LogP contribution in [0.4, 0.5) is 15.8 Å². The number of hydrogen-bond donors (Lipinski definition) is 1. The molecule has 0 aliphatic carbocycles. The number of fused-ring (bicyclic) bond motifs is 1. The smallest absolute Gasteiger partial charge is 0.244 e. The van der Waals surface area contributed by atoms with Gasteiger partial charge in [0, 0.05) is 24.4 Å². The molecule has 0 bridgehead atoms. The Hall–Kier alpha value is -3.09. The number of benzene rings is 2. The van der Waals surface area contributed by atoms with Crippen LogP contribution in [0.3, 0.4) is 0 Å². The average Bonchev–Trinajstić information content (AvgIpc) is 2.59. The van der Waals surface area contributed by atoms with E-state index in [2.05, 4.69) is 5.32 Å². The molecule has 1 aliphatic rings. The van der Waals surface area contributed by atoms with E-state index in [9.17, 15) is 14.0 Å². The summed E-state index contributed by atoms with van der Waals surface area (Å²) < 4.78 is 24.1. The summed E-state index contributed by atoms with van der Waals surface area (Å²) in [7, 11) is 0. The zero-order valence-corrected chi connectivity index (χ0v) is 13.6. The zero-order chi connectivity index (χ0) is 17.8. The SMILES string of the molecule is CC(=O)N(CC(=O)Nc1cccc(F)c1)c1ccc2c(c1)OCCO2. The summed E-state index contributed by atoms with van der Waals surface area (Å²) in [6, 6.07) is 10.6. The highest BCUT2D eigenvalue weighted by Crippen LogP contribution is 2.34. The van der Waals surface area contributed by atoms with E-state index >= 15 is 0 Å². The summed E-state index contributed by atoms with van der Waals surface area (Å²) in [5.41, 5.74) is 0.849. The predicted octanol–water partition coefficient (Wildman–Crippen LogP) is 2.59. The maximum atomic E-state index is 13.2. The van der Waals surface area contributed by atoms with Crippen molar-refractivity contribution in [3.8, 4) is 11.5 Å². The second-order valence-electron chi connectivity index (χ2n) is 5.49. The van der Waals surface area contributed by atoms with Gasteiger partial charge in [-0.05, 0) is 30.3 Å². The lowest BCUT2D eigenvalue weighted by atomic mass is 10.2. The topological polar surface area (TPSA) is 67.9 Å². The molecule has 2 amide bonds. The number of rotatable bonds is 4. The van der Waals surface area contributed by atoms with Crippen LogP contribution in [0.1, 0.15) is 6.92 Å². The second kappa shape index (κ2) is 7.21. The number of carbonyl (C=O) groups excluding carboxylic acids is 2. The van der Waals surface area contributed by atoms with Gasteiger partial charge in [-0.15, -0.1) is 0 Å². The van der Waals surface area contributed by atoms with Gasteiger partial charge in [0.05, 0.1) is 0 Å². The van der Waals surface area contributed by atoms with Crippen LogP contribution >= 0.6 is 0 Å². The Kier molecular flexibility index (Phi) is 4.83. The van der Waals surface area contributed by atoms with E-state index in [1.54, 1.807) is 24.3 Å². The average molecular weight is 344 g/mol. The van der Waals surface area contributed by atoms with Crippen molar-refractivity contribution in [1.29, 1.82) is 0 Å². The van der Waals surface area contributed by atoms with Gasteiger partial charge in [-0.3, -0.25) is 9.59 Å². The molecule has 1 N–H and O–H groups in total. The number of nitrogens with one attached hydrogen (secondary N) is 1. The zero-order valence-electron chi connectivity index (χ0n) is 13.6. The summed E-state index contributed by atoms with van der Waals surface area (Å²) in [6.07, 6.45) is 0. The number of amides is 2. The van der Waals surface area contributed by atoms with Crippen molar-refractivity contribution in [2.24, 2.45) is 0 Å². The molecule has 0 saturated heterocycles. The number of ether oxygens (including phenoxy) is 2. The van der Waals surface area contributed by atoms with E-state index in [1.807, 2.05) is 0 Å². The highest BCUT2D eigenvalue weighted by Gasteiger charge is 2.19.